The number of rotatable bonds is 6. The lowest BCUT2D eigenvalue weighted by molar-refractivity contribution is 0.527. The molecule has 108 valence electrons. The second-order valence-electron chi connectivity index (χ2n) is 5.25. The van der Waals surface area contributed by atoms with Gasteiger partial charge in [0.1, 0.15) is 5.82 Å². The second kappa shape index (κ2) is 7.34. The van der Waals surface area contributed by atoms with Gasteiger partial charge in [0.25, 0.3) is 0 Å². The van der Waals surface area contributed by atoms with Crippen molar-refractivity contribution < 1.29 is 4.39 Å². The summed E-state index contributed by atoms with van der Waals surface area (Å²) in [4.78, 5) is 1.34. The van der Waals surface area contributed by atoms with Crippen LogP contribution in [0.3, 0.4) is 0 Å². The lowest BCUT2D eigenvalue weighted by Crippen LogP contribution is -2.28. The SMILES string of the molecule is CC(C)NCC(Cc1cc(Br)cs1)c1ccc(F)cc1. The van der Waals surface area contributed by atoms with E-state index in [1.807, 2.05) is 12.1 Å². The first kappa shape index (κ1) is 15.7. The van der Waals surface area contributed by atoms with Crippen LogP contribution in [0.2, 0.25) is 0 Å². The van der Waals surface area contributed by atoms with Gasteiger partial charge in [0.2, 0.25) is 0 Å². The molecule has 0 bridgehead atoms. The van der Waals surface area contributed by atoms with Crippen molar-refractivity contribution in [2.24, 2.45) is 0 Å². The standard InChI is InChI=1S/C16H19BrFNS/c1-11(2)19-9-13(7-16-8-14(17)10-20-16)12-3-5-15(18)6-4-12/h3-6,8,10-11,13,19H,7,9H2,1-2H3. The fraction of sp³-hybridized carbons (Fsp3) is 0.375. The molecule has 1 nitrogen and oxygen atoms in total. The number of nitrogens with one attached hydrogen (secondary N) is 1. The van der Waals surface area contributed by atoms with Gasteiger partial charge in [-0.15, -0.1) is 11.3 Å². The van der Waals surface area contributed by atoms with Crippen molar-refractivity contribution in [1.29, 1.82) is 0 Å². The van der Waals surface area contributed by atoms with E-state index in [4.69, 9.17) is 0 Å². The zero-order chi connectivity index (χ0) is 14.5. The maximum atomic E-state index is 13.1. The van der Waals surface area contributed by atoms with Crippen molar-refractivity contribution in [3.63, 3.8) is 0 Å². The van der Waals surface area contributed by atoms with Gasteiger partial charge in [-0.05, 0) is 46.1 Å². The normalized spacial score (nSPS) is 12.8. The Labute approximate surface area is 132 Å². The van der Waals surface area contributed by atoms with Gasteiger partial charge in [-0.3, -0.25) is 0 Å². The zero-order valence-corrected chi connectivity index (χ0v) is 14.1. The van der Waals surface area contributed by atoms with Crippen LogP contribution < -0.4 is 5.32 Å². The first-order chi connectivity index (χ1) is 9.54. The summed E-state index contributed by atoms with van der Waals surface area (Å²) in [5.74, 6) is 0.187. The molecule has 0 fully saturated rings. The summed E-state index contributed by atoms with van der Waals surface area (Å²) in [5, 5.41) is 5.59. The van der Waals surface area contributed by atoms with Crippen LogP contribution >= 0.6 is 27.3 Å². The van der Waals surface area contributed by atoms with E-state index < -0.39 is 0 Å². The Kier molecular flexibility index (Phi) is 5.75. The highest BCUT2D eigenvalue weighted by molar-refractivity contribution is 9.10. The smallest absolute Gasteiger partial charge is 0.123 e. The van der Waals surface area contributed by atoms with Gasteiger partial charge in [0, 0.05) is 33.2 Å². The predicted octanol–water partition coefficient (Wildman–Crippen LogP) is 4.97. The van der Waals surface area contributed by atoms with Crippen LogP contribution in [0.1, 0.15) is 30.2 Å². The van der Waals surface area contributed by atoms with Gasteiger partial charge in [0.05, 0.1) is 0 Å². The van der Waals surface area contributed by atoms with Crippen LogP contribution in [-0.2, 0) is 6.42 Å². The Morgan fingerprint density at radius 3 is 2.50 bits per heavy atom. The molecule has 1 N–H and O–H groups in total. The maximum Gasteiger partial charge on any atom is 0.123 e. The molecule has 2 aromatic rings. The van der Waals surface area contributed by atoms with Gasteiger partial charge in [-0.1, -0.05) is 26.0 Å². The van der Waals surface area contributed by atoms with E-state index in [2.05, 4.69) is 46.5 Å². The Morgan fingerprint density at radius 1 is 1.25 bits per heavy atom. The number of hydrogen-bond acceptors (Lipinski definition) is 2. The summed E-state index contributed by atoms with van der Waals surface area (Å²) in [6.07, 6.45) is 0.974. The van der Waals surface area contributed by atoms with Crippen molar-refractivity contribution in [1.82, 2.24) is 5.32 Å². The fourth-order valence-electron chi connectivity index (χ4n) is 2.12. The van der Waals surface area contributed by atoms with E-state index in [0.717, 1.165) is 17.4 Å². The first-order valence-electron chi connectivity index (χ1n) is 6.76. The molecule has 20 heavy (non-hydrogen) atoms. The lowest BCUT2D eigenvalue weighted by Gasteiger charge is -2.19. The van der Waals surface area contributed by atoms with Crippen molar-refractivity contribution in [2.75, 3.05) is 6.54 Å². The minimum atomic E-state index is -0.178. The number of benzene rings is 1. The molecule has 0 radical (unpaired) electrons. The topological polar surface area (TPSA) is 12.0 Å². The van der Waals surface area contributed by atoms with E-state index in [-0.39, 0.29) is 5.82 Å². The van der Waals surface area contributed by atoms with Crippen LogP contribution in [0.5, 0.6) is 0 Å². The lowest BCUT2D eigenvalue weighted by atomic mass is 9.94. The fourth-order valence-corrected chi connectivity index (χ4v) is 3.66. The van der Waals surface area contributed by atoms with Crippen LogP contribution in [-0.4, -0.2) is 12.6 Å². The molecule has 2 rings (SSSR count). The molecule has 0 spiro atoms. The summed E-state index contributed by atoms with van der Waals surface area (Å²) in [7, 11) is 0. The molecular formula is C16H19BrFNS. The summed E-state index contributed by atoms with van der Waals surface area (Å²) in [6, 6.07) is 9.49. The van der Waals surface area contributed by atoms with Gasteiger partial charge in [-0.25, -0.2) is 4.39 Å². The largest absolute Gasteiger partial charge is 0.314 e. The summed E-state index contributed by atoms with van der Waals surface area (Å²) >= 11 is 5.26. The van der Waals surface area contributed by atoms with Gasteiger partial charge < -0.3 is 5.32 Å². The van der Waals surface area contributed by atoms with Crippen LogP contribution in [0.25, 0.3) is 0 Å². The minimum Gasteiger partial charge on any atom is -0.314 e. The number of hydrogen-bond donors (Lipinski definition) is 1. The molecular weight excluding hydrogens is 337 g/mol. The van der Waals surface area contributed by atoms with E-state index in [1.54, 1.807) is 23.5 Å². The van der Waals surface area contributed by atoms with E-state index in [0.29, 0.717) is 12.0 Å². The highest BCUT2D eigenvalue weighted by Gasteiger charge is 2.14. The average Bonchev–Trinajstić information content (AvgIpc) is 2.81. The third kappa shape index (κ3) is 4.69. The highest BCUT2D eigenvalue weighted by atomic mass is 79.9. The quantitative estimate of drug-likeness (QED) is 0.770. The Hall–Kier alpha value is -0.710. The highest BCUT2D eigenvalue weighted by Crippen LogP contribution is 2.27. The molecule has 1 unspecified atom stereocenters. The molecule has 1 heterocycles. The van der Waals surface area contributed by atoms with Crippen molar-refractivity contribution in [3.05, 3.63) is 56.4 Å². The average molecular weight is 356 g/mol. The summed E-state index contributed by atoms with van der Waals surface area (Å²) in [6.45, 7) is 5.19. The molecule has 1 atom stereocenters. The molecule has 0 aliphatic heterocycles. The molecule has 1 aromatic heterocycles. The molecule has 0 saturated heterocycles. The molecule has 4 heteroatoms. The van der Waals surface area contributed by atoms with Crippen LogP contribution in [0, 0.1) is 5.82 Å². The maximum absolute atomic E-state index is 13.1. The van der Waals surface area contributed by atoms with Crippen LogP contribution in [0.4, 0.5) is 4.39 Å². The van der Waals surface area contributed by atoms with E-state index in [1.165, 1.54) is 10.4 Å². The number of thiophene rings is 1. The third-order valence-corrected chi connectivity index (χ3v) is 4.90. The molecule has 0 aliphatic carbocycles. The molecule has 0 aliphatic rings. The second-order valence-corrected chi connectivity index (χ2v) is 7.16. The zero-order valence-electron chi connectivity index (χ0n) is 11.7. The van der Waals surface area contributed by atoms with Crippen molar-refractivity contribution in [3.8, 4) is 0 Å². The van der Waals surface area contributed by atoms with E-state index in [9.17, 15) is 4.39 Å². The van der Waals surface area contributed by atoms with Crippen LogP contribution in [0.15, 0.2) is 40.2 Å². The molecule has 0 saturated carbocycles. The Balaban J connectivity index is 2.13. The first-order valence-corrected chi connectivity index (χ1v) is 8.43. The van der Waals surface area contributed by atoms with E-state index >= 15 is 0 Å². The number of halogens is 2. The minimum absolute atomic E-state index is 0.178. The van der Waals surface area contributed by atoms with Crippen molar-refractivity contribution >= 4 is 27.3 Å². The van der Waals surface area contributed by atoms with Gasteiger partial charge in [-0.2, -0.15) is 0 Å². The van der Waals surface area contributed by atoms with Gasteiger partial charge in [0.15, 0.2) is 0 Å². The van der Waals surface area contributed by atoms with Gasteiger partial charge >= 0.3 is 0 Å². The monoisotopic (exact) mass is 355 g/mol. The Bertz CT molecular complexity index is 536. The molecule has 1 aromatic carbocycles. The predicted molar refractivity (Wildman–Crippen MR) is 88.0 cm³/mol. The van der Waals surface area contributed by atoms with Crippen molar-refractivity contribution in [2.45, 2.75) is 32.2 Å². The third-order valence-electron chi connectivity index (χ3n) is 3.18. The summed E-state index contributed by atoms with van der Waals surface area (Å²) in [5.41, 5.74) is 1.18. The molecule has 0 amide bonds. The Morgan fingerprint density at radius 2 is 1.95 bits per heavy atom. The summed E-state index contributed by atoms with van der Waals surface area (Å²) < 4.78 is 14.2.